The van der Waals surface area contributed by atoms with Crippen LogP contribution in [0.4, 0.5) is 4.79 Å². The number of halogens is 1. The molecule has 5 heteroatoms. The molecule has 4 nitrogen and oxygen atoms in total. The van der Waals surface area contributed by atoms with Gasteiger partial charge in [0.1, 0.15) is 6.10 Å². The molecule has 0 radical (unpaired) electrons. The van der Waals surface area contributed by atoms with Crippen LogP contribution in [0.25, 0.3) is 0 Å². The standard InChI is InChI=1S/C16H23BrN2O2/c1-11(2)12(3)18-16(20)19-7-8-21-15(10-19)13-5-4-6-14(17)9-13/h4-6,9,11-12,15H,7-8,10H2,1-3H3,(H,18,20). The molecule has 0 saturated carbocycles. The number of amides is 2. The monoisotopic (exact) mass is 354 g/mol. The Morgan fingerprint density at radius 2 is 2.19 bits per heavy atom. The summed E-state index contributed by atoms with van der Waals surface area (Å²) in [5.74, 6) is 0.427. The third-order valence-electron chi connectivity index (χ3n) is 3.93. The molecule has 0 aliphatic carbocycles. The molecule has 1 N–H and O–H groups in total. The number of morpholine rings is 1. The normalized spacial score (nSPS) is 20.4. The molecule has 1 aromatic rings. The number of benzene rings is 1. The van der Waals surface area contributed by atoms with Crippen LogP contribution in [0.1, 0.15) is 32.4 Å². The summed E-state index contributed by atoms with van der Waals surface area (Å²) >= 11 is 3.47. The van der Waals surface area contributed by atoms with Crippen LogP contribution in [0.5, 0.6) is 0 Å². The van der Waals surface area contributed by atoms with E-state index in [1.807, 2.05) is 36.1 Å². The molecule has 116 valence electrons. The lowest BCUT2D eigenvalue weighted by Gasteiger charge is -2.34. The Bertz CT molecular complexity index is 493. The SMILES string of the molecule is CC(C)C(C)NC(=O)N1CCOC(c2cccc(Br)c2)C1. The molecule has 2 atom stereocenters. The first-order valence-corrected chi connectivity index (χ1v) is 8.19. The molecule has 1 heterocycles. The fourth-order valence-corrected chi connectivity index (χ4v) is 2.61. The second-order valence-electron chi connectivity index (χ2n) is 5.84. The largest absolute Gasteiger partial charge is 0.370 e. The average molecular weight is 355 g/mol. The van der Waals surface area contributed by atoms with Crippen LogP contribution in [0.15, 0.2) is 28.7 Å². The topological polar surface area (TPSA) is 41.6 Å². The number of urea groups is 1. The lowest BCUT2D eigenvalue weighted by atomic mass is 10.1. The van der Waals surface area contributed by atoms with Crippen molar-refractivity contribution in [2.45, 2.75) is 32.9 Å². The number of rotatable bonds is 3. The zero-order valence-corrected chi connectivity index (χ0v) is 14.4. The van der Waals surface area contributed by atoms with E-state index < -0.39 is 0 Å². The Labute approximate surface area is 135 Å². The Morgan fingerprint density at radius 1 is 1.43 bits per heavy atom. The van der Waals surface area contributed by atoms with Crippen LogP contribution in [-0.2, 0) is 4.74 Å². The second-order valence-corrected chi connectivity index (χ2v) is 6.76. The summed E-state index contributed by atoms with van der Waals surface area (Å²) < 4.78 is 6.84. The third kappa shape index (κ3) is 4.45. The Hall–Kier alpha value is -1.07. The van der Waals surface area contributed by atoms with Gasteiger partial charge in [0, 0.05) is 17.1 Å². The molecule has 2 unspecified atom stereocenters. The summed E-state index contributed by atoms with van der Waals surface area (Å²) in [5, 5.41) is 3.05. The van der Waals surface area contributed by atoms with Crippen LogP contribution in [0, 0.1) is 5.92 Å². The molecule has 0 spiro atoms. The summed E-state index contributed by atoms with van der Waals surface area (Å²) in [6.07, 6.45) is -0.0589. The first-order valence-electron chi connectivity index (χ1n) is 7.40. The van der Waals surface area contributed by atoms with Gasteiger partial charge >= 0.3 is 6.03 Å². The number of nitrogens with one attached hydrogen (secondary N) is 1. The van der Waals surface area contributed by atoms with E-state index >= 15 is 0 Å². The van der Waals surface area contributed by atoms with Crippen molar-refractivity contribution < 1.29 is 9.53 Å². The molecule has 1 aromatic carbocycles. The van der Waals surface area contributed by atoms with E-state index in [2.05, 4.69) is 35.1 Å². The molecule has 2 rings (SSSR count). The quantitative estimate of drug-likeness (QED) is 0.901. The number of hydrogen-bond donors (Lipinski definition) is 1. The Kier molecular flexibility index (Phi) is 5.65. The highest BCUT2D eigenvalue weighted by Gasteiger charge is 2.26. The summed E-state index contributed by atoms with van der Waals surface area (Å²) in [6, 6.07) is 8.23. The van der Waals surface area contributed by atoms with Gasteiger partial charge in [-0.05, 0) is 30.5 Å². The average Bonchev–Trinajstić information content (AvgIpc) is 2.47. The third-order valence-corrected chi connectivity index (χ3v) is 4.42. The van der Waals surface area contributed by atoms with Gasteiger partial charge in [0.25, 0.3) is 0 Å². The van der Waals surface area contributed by atoms with Gasteiger partial charge in [0.2, 0.25) is 0 Å². The highest BCUT2D eigenvalue weighted by atomic mass is 79.9. The molecule has 0 bridgehead atoms. The van der Waals surface area contributed by atoms with Crippen LogP contribution in [-0.4, -0.2) is 36.7 Å². The minimum absolute atomic E-state index is 0.000466. The second kappa shape index (κ2) is 7.27. The first-order chi connectivity index (χ1) is 9.97. The molecular formula is C16H23BrN2O2. The summed E-state index contributed by atoms with van der Waals surface area (Å²) in [4.78, 5) is 14.1. The zero-order valence-electron chi connectivity index (χ0n) is 12.8. The van der Waals surface area contributed by atoms with Crippen molar-refractivity contribution in [3.8, 4) is 0 Å². The Balaban J connectivity index is 1.99. The molecule has 1 aliphatic rings. The van der Waals surface area contributed by atoms with Gasteiger partial charge in [0.05, 0.1) is 13.2 Å². The first kappa shape index (κ1) is 16.3. The predicted molar refractivity (Wildman–Crippen MR) is 87.2 cm³/mol. The minimum atomic E-state index is -0.0589. The van der Waals surface area contributed by atoms with Crippen LogP contribution in [0.2, 0.25) is 0 Å². The minimum Gasteiger partial charge on any atom is -0.370 e. The lowest BCUT2D eigenvalue weighted by molar-refractivity contribution is -0.0159. The van der Waals surface area contributed by atoms with E-state index in [1.54, 1.807) is 0 Å². The number of carbonyl (C=O) groups excluding carboxylic acids is 1. The van der Waals surface area contributed by atoms with Crippen LogP contribution >= 0.6 is 15.9 Å². The molecular weight excluding hydrogens is 332 g/mol. The molecule has 21 heavy (non-hydrogen) atoms. The van der Waals surface area contributed by atoms with E-state index in [1.165, 1.54) is 0 Å². The fourth-order valence-electron chi connectivity index (χ4n) is 2.19. The zero-order chi connectivity index (χ0) is 15.4. The van der Waals surface area contributed by atoms with Gasteiger partial charge in [-0.2, -0.15) is 0 Å². The van der Waals surface area contributed by atoms with E-state index in [0.717, 1.165) is 10.0 Å². The van der Waals surface area contributed by atoms with E-state index in [-0.39, 0.29) is 18.2 Å². The smallest absolute Gasteiger partial charge is 0.317 e. The van der Waals surface area contributed by atoms with Gasteiger partial charge in [-0.15, -0.1) is 0 Å². The predicted octanol–water partition coefficient (Wildman–Crippen LogP) is 3.58. The molecule has 0 aromatic heterocycles. The van der Waals surface area contributed by atoms with Crippen molar-refractivity contribution >= 4 is 22.0 Å². The van der Waals surface area contributed by atoms with Crippen molar-refractivity contribution in [2.75, 3.05) is 19.7 Å². The fraction of sp³-hybridized carbons (Fsp3) is 0.562. The maximum atomic E-state index is 12.3. The van der Waals surface area contributed by atoms with E-state index in [0.29, 0.717) is 25.6 Å². The van der Waals surface area contributed by atoms with Crippen molar-refractivity contribution in [1.29, 1.82) is 0 Å². The molecule has 1 fully saturated rings. The number of hydrogen-bond acceptors (Lipinski definition) is 2. The lowest BCUT2D eigenvalue weighted by Crippen LogP contribution is -2.50. The maximum absolute atomic E-state index is 12.3. The highest BCUT2D eigenvalue weighted by Crippen LogP contribution is 2.24. The summed E-state index contributed by atoms with van der Waals surface area (Å²) in [7, 11) is 0. The Morgan fingerprint density at radius 3 is 2.86 bits per heavy atom. The number of carbonyl (C=O) groups is 1. The van der Waals surface area contributed by atoms with Crippen LogP contribution < -0.4 is 5.32 Å². The summed E-state index contributed by atoms with van der Waals surface area (Å²) in [5.41, 5.74) is 1.10. The van der Waals surface area contributed by atoms with Crippen molar-refractivity contribution in [1.82, 2.24) is 10.2 Å². The van der Waals surface area contributed by atoms with Gasteiger partial charge in [-0.1, -0.05) is 41.9 Å². The van der Waals surface area contributed by atoms with Gasteiger partial charge < -0.3 is 15.0 Å². The van der Waals surface area contributed by atoms with Crippen LogP contribution in [0.3, 0.4) is 0 Å². The summed E-state index contributed by atoms with van der Waals surface area (Å²) in [6.45, 7) is 8.05. The van der Waals surface area contributed by atoms with E-state index in [9.17, 15) is 4.79 Å². The van der Waals surface area contributed by atoms with Gasteiger partial charge in [0.15, 0.2) is 0 Å². The highest BCUT2D eigenvalue weighted by molar-refractivity contribution is 9.10. The number of ether oxygens (including phenoxy) is 1. The molecule has 2 amide bonds. The van der Waals surface area contributed by atoms with Crippen molar-refractivity contribution in [2.24, 2.45) is 5.92 Å². The van der Waals surface area contributed by atoms with Crippen molar-refractivity contribution in [3.05, 3.63) is 34.3 Å². The van der Waals surface area contributed by atoms with Gasteiger partial charge in [-0.25, -0.2) is 4.79 Å². The maximum Gasteiger partial charge on any atom is 0.317 e. The van der Waals surface area contributed by atoms with Gasteiger partial charge in [-0.3, -0.25) is 0 Å². The van der Waals surface area contributed by atoms with Crippen molar-refractivity contribution in [3.63, 3.8) is 0 Å². The molecule has 1 saturated heterocycles. The number of nitrogens with zero attached hydrogens (tertiary/aromatic N) is 1. The molecule has 1 aliphatic heterocycles. The van der Waals surface area contributed by atoms with E-state index in [4.69, 9.17) is 4.74 Å².